The summed E-state index contributed by atoms with van der Waals surface area (Å²) in [6, 6.07) is 3.92. The molecule has 0 saturated heterocycles. The van der Waals surface area contributed by atoms with Gasteiger partial charge in [0.15, 0.2) is 0 Å². The van der Waals surface area contributed by atoms with Gasteiger partial charge in [-0.25, -0.2) is 0 Å². The number of ether oxygens (including phenoxy) is 1. The Morgan fingerprint density at radius 1 is 1.54 bits per heavy atom. The van der Waals surface area contributed by atoms with Gasteiger partial charge in [-0.2, -0.15) is 0 Å². The van der Waals surface area contributed by atoms with Crippen LogP contribution in [-0.2, 0) is 0 Å². The second kappa shape index (κ2) is 3.31. The van der Waals surface area contributed by atoms with E-state index >= 15 is 0 Å². The van der Waals surface area contributed by atoms with Gasteiger partial charge < -0.3 is 9.84 Å². The molecule has 0 amide bonds. The third kappa shape index (κ3) is 1.58. The first-order chi connectivity index (χ1) is 6.18. The van der Waals surface area contributed by atoms with Crippen molar-refractivity contribution in [2.24, 2.45) is 0 Å². The van der Waals surface area contributed by atoms with Crippen LogP contribution >= 0.6 is 15.9 Å². The molecule has 1 N–H and O–H groups in total. The maximum absolute atomic E-state index is 9.71. The number of rotatable bonds is 0. The van der Waals surface area contributed by atoms with Crippen LogP contribution in [0.4, 0.5) is 0 Å². The Morgan fingerprint density at radius 3 is 3.08 bits per heavy atom. The third-order valence-corrected chi connectivity index (χ3v) is 2.72. The lowest BCUT2D eigenvalue weighted by Crippen LogP contribution is -2.14. The average molecular weight is 243 g/mol. The lowest BCUT2D eigenvalue weighted by Gasteiger charge is -2.23. The largest absolute Gasteiger partial charge is 0.493 e. The Bertz CT molecular complexity index is 336. The van der Waals surface area contributed by atoms with E-state index in [2.05, 4.69) is 15.9 Å². The van der Waals surface area contributed by atoms with Crippen molar-refractivity contribution >= 4 is 15.9 Å². The highest BCUT2D eigenvalue weighted by Gasteiger charge is 2.20. The van der Waals surface area contributed by atoms with E-state index < -0.39 is 0 Å². The molecule has 1 atom stereocenters. The zero-order valence-electron chi connectivity index (χ0n) is 7.38. The lowest BCUT2D eigenvalue weighted by molar-refractivity contribution is 0.115. The summed E-state index contributed by atoms with van der Waals surface area (Å²) in [5.41, 5.74) is 1.97. The van der Waals surface area contributed by atoms with Crippen LogP contribution in [0.1, 0.15) is 23.7 Å². The predicted octanol–water partition coefficient (Wildman–Crippen LogP) is 2.57. The van der Waals surface area contributed by atoms with Crippen molar-refractivity contribution in [2.75, 3.05) is 6.61 Å². The number of halogens is 1. The standard InChI is InChI=1S/C10H11BrO2/c1-6-4-7(11)5-8-9(12)2-3-13-10(6)8/h4-5,9,12H,2-3H2,1H3/t9-/m1/s1. The highest BCUT2D eigenvalue weighted by Crippen LogP contribution is 2.36. The minimum absolute atomic E-state index is 0.375. The van der Waals surface area contributed by atoms with Crippen LogP contribution in [-0.4, -0.2) is 11.7 Å². The van der Waals surface area contributed by atoms with Gasteiger partial charge in [0.25, 0.3) is 0 Å². The molecule has 70 valence electrons. The van der Waals surface area contributed by atoms with Crippen LogP contribution < -0.4 is 4.74 Å². The molecule has 2 rings (SSSR count). The summed E-state index contributed by atoms with van der Waals surface area (Å²) >= 11 is 3.40. The SMILES string of the molecule is Cc1cc(Br)cc2c1OCC[C@H]2O. The van der Waals surface area contributed by atoms with Crippen molar-refractivity contribution < 1.29 is 9.84 Å². The topological polar surface area (TPSA) is 29.5 Å². The normalized spacial score (nSPS) is 20.7. The van der Waals surface area contributed by atoms with Gasteiger partial charge in [-0.3, -0.25) is 0 Å². The second-order valence-electron chi connectivity index (χ2n) is 3.29. The maximum atomic E-state index is 9.71. The molecular formula is C10H11BrO2. The van der Waals surface area contributed by atoms with Gasteiger partial charge in [0.1, 0.15) is 5.75 Å². The van der Waals surface area contributed by atoms with Gasteiger partial charge in [-0.05, 0) is 24.6 Å². The summed E-state index contributed by atoms with van der Waals surface area (Å²) in [7, 11) is 0. The summed E-state index contributed by atoms with van der Waals surface area (Å²) in [4.78, 5) is 0. The van der Waals surface area contributed by atoms with E-state index in [1.54, 1.807) is 0 Å². The summed E-state index contributed by atoms with van der Waals surface area (Å²) in [6.07, 6.45) is 0.308. The molecule has 0 saturated carbocycles. The third-order valence-electron chi connectivity index (χ3n) is 2.26. The maximum Gasteiger partial charge on any atom is 0.128 e. The van der Waals surface area contributed by atoms with E-state index in [0.717, 1.165) is 21.3 Å². The van der Waals surface area contributed by atoms with Crippen LogP contribution in [0.25, 0.3) is 0 Å². The summed E-state index contributed by atoms with van der Waals surface area (Å²) in [5, 5.41) is 9.71. The lowest BCUT2D eigenvalue weighted by atomic mass is 10.0. The Kier molecular flexibility index (Phi) is 2.30. The molecule has 1 aromatic rings. The van der Waals surface area contributed by atoms with Gasteiger partial charge in [0, 0.05) is 16.5 Å². The van der Waals surface area contributed by atoms with Crippen molar-refractivity contribution in [3.05, 3.63) is 27.7 Å². The monoisotopic (exact) mass is 242 g/mol. The zero-order valence-corrected chi connectivity index (χ0v) is 8.97. The zero-order chi connectivity index (χ0) is 9.42. The van der Waals surface area contributed by atoms with E-state index in [1.807, 2.05) is 19.1 Å². The first-order valence-corrected chi connectivity index (χ1v) is 5.08. The molecule has 0 aliphatic carbocycles. The molecule has 1 aliphatic heterocycles. The highest BCUT2D eigenvalue weighted by molar-refractivity contribution is 9.10. The van der Waals surface area contributed by atoms with Crippen LogP contribution in [0.15, 0.2) is 16.6 Å². The second-order valence-corrected chi connectivity index (χ2v) is 4.21. The summed E-state index contributed by atoms with van der Waals surface area (Å²) in [6.45, 7) is 2.60. The molecule has 0 spiro atoms. The minimum atomic E-state index is -0.375. The van der Waals surface area contributed by atoms with Crippen LogP contribution in [0.2, 0.25) is 0 Å². The average Bonchev–Trinajstić information content (AvgIpc) is 2.07. The number of fused-ring (bicyclic) bond motifs is 1. The van der Waals surface area contributed by atoms with E-state index in [4.69, 9.17) is 4.74 Å². The van der Waals surface area contributed by atoms with Gasteiger partial charge in [0.2, 0.25) is 0 Å². The number of aliphatic hydroxyl groups is 1. The quantitative estimate of drug-likeness (QED) is 0.758. The highest BCUT2D eigenvalue weighted by atomic mass is 79.9. The molecule has 0 radical (unpaired) electrons. The van der Waals surface area contributed by atoms with Crippen molar-refractivity contribution in [1.29, 1.82) is 0 Å². The molecule has 0 bridgehead atoms. The molecule has 0 unspecified atom stereocenters. The van der Waals surface area contributed by atoms with Gasteiger partial charge >= 0.3 is 0 Å². The fourth-order valence-electron chi connectivity index (χ4n) is 1.63. The molecule has 0 fully saturated rings. The number of aliphatic hydroxyl groups excluding tert-OH is 1. The fraction of sp³-hybridized carbons (Fsp3) is 0.400. The number of hydrogen-bond acceptors (Lipinski definition) is 2. The van der Waals surface area contributed by atoms with Crippen molar-refractivity contribution in [1.82, 2.24) is 0 Å². The van der Waals surface area contributed by atoms with Crippen LogP contribution in [0.5, 0.6) is 5.75 Å². The van der Waals surface area contributed by atoms with Crippen molar-refractivity contribution in [3.8, 4) is 5.75 Å². The van der Waals surface area contributed by atoms with E-state index in [1.165, 1.54) is 0 Å². The van der Waals surface area contributed by atoms with Crippen LogP contribution in [0, 0.1) is 6.92 Å². The molecule has 2 nitrogen and oxygen atoms in total. The Labute approximate surface area is 85.7 Å². The predicted molar refractivity (Wildman–Crippen MR) is 54.0 cm³/mol. The fourth-order valence-corrected chi connectivity index (χ4v) is 2.22. The Hall–Kier alpha value is -0.540. The van der Waals surface area contributed by atoms with Gasteiger partial charge in [0.05, 0.1) is 12.7 Å². The Morgan fingerprint density at radius 2 is 2.31 bits per heavy atom. The Balaban J connectivity index is 2.56. The minimum Gasteiger partial charge on any atom is -0.493 e. The van der Waals surface area contributed by atoms with Crippen molar-refractivity contribution in [3.63, 3.8) is 0 Å². The molecular weight excluding hydrogens is 232 g/mol. The van der Waals surface area contributed by atoms with Crippen molar-refractivity contribution in [2.45, 2.75) is 19.4 Å². The molecule has 1 heterocycles. The van der Waals surface area contributed by atoms with E-state index in [9.17, 15) is 5.11 Å². The molecule has 3 heteroatoms. The number of aryl methyl sites for hydroxylation is 1. The van der Waals surface area contributed by atoms with E-state index in [-0.39, 0.29) is 6.10 Å². The number of hydrogen-bond donors (Lipinski definition) is 1. The molecule has 1 aliphatic rings. The van der Waals surface area contributed by atoms with Gasteiger partial charge in [-0.15, -0.1) is 0 Å². The summed E-state index contributed by atoms with van der Waals surface area (Å²) < 4.78 is 6.49. The first-order valence-electron chi connectivity index (χ1n) is 4.29. The van der Waals surface area contributed by atoms with Crippen LogP contribution in [0.3, 0.4) is 0 Å². The number of benzene rings is 1. The molecule has 0 aromatic heterocycles. The van der Waals surface area contributed by atoms with E-state index in [0.29, 0.717) is 13.0 Å². The first kappa shape index (κ1) is 9.03. The smallest absolute Gasteiger partial charge is 0.128 e. The molecule has 13 heavy (non-hydrogen) atoms. The van der Waals surface area contributed by atoms with Gasteiger partial charge in [-0.1, -0.05) is 15.9 Å². The summed E-state index contributed by atoms with van der Waals surface area (Å²) in [5.74, 6) is 0.849. The molecule has 1 aromatic carbocycles.